The van der Waals surface area contributed by atoms with E-state index in [9.17, 15) is 4.79 Å². The lowest BCUT2D eigenvalue weighted by atomic mass is 10.3. The number of rotatable bonds is 6. The number of methoxy groups -OCH3 is 1. The molecule has 1 amide bonds. The minimum Gasteiger partial charge on any atom is -0.383 e. The molecule has 0 saturated carbocycles. The lowest BCUT2D eigenvalue weighted by molar-refractivity contribution is -0.118. The normalized spacial score (nSPS) is 11.3. The van der Waals surface area contributed by atoms with Crippen molar-refractivity contribution < 1.29 is 9.53 Å². The van der Waals surface area contributed by atoms with Crippen molar-refractivity contribution in [1.82, 2.24) is 24.9 Å². The van der Waals surface area contributed by atoms with E-state index in [1.165, 1.54) is 11.8 Å². The van der Waals surface area contributed by atoms with E-state index in [2.05, 4.69) is 20.5 Å². The van der Waals surface area contributed by atoms with Gasteiger partial charge in [-0.25, -0.2) is 10.1 Å². The fourth-order valence-corrected chi connectivity index (χ4v) is 2.80. The van der Waals surface area contributed by atoms with Crippen LogP contribution in [0.3, 0.4) is 0 Å². The Hall–Kier alpha value is -2.06. The lowest BCUT2D eigenvalue weighted by Gasteiger charge is -2.03. The number of ether oxygens (including phenoxy) is 1. The first-order chi connectivity index (χ1) is 10.3. The Morgan fingerprint density at radius 3 is 3.19 bits per heavy atom. The average molecular weight is 305 g/mol. The molecule has 8 heteroatoms. The number of carbonyl (C=O) groups excluding carboxylic acids is 1. The highest BCUT2D eigenvalue weighted by Crippen LogP contribution is 2.22. The number of hydrogen-bond acceptors (Lipinski definition) is 5. The first-order valence-electron chi connectivity index (χ1n) is 6.49. The summed E-state index contributed by atoms with van der Waals surface area (Å²) in [6.45, 7) is 1.02. The molecule has 0 spiro atoms. The monoisotopic (exact) mass is 305 g/mol. The van der Waals surface area contributed by atoms with Crippen LogP contribution in [-0.2, 0) is 9.53 Å². The van der Waals surface area contributed by atoms with E-state index in [4.69, 9.17) is 4.74 Å². The van der Waals surface area contributed by atoms with Gasteiger partial charge in [0.15, 0.2) is 5.16 Å². The number of imidazole rings is 1. The highest BCUT2D eigenvalue weighted by Gasteiger charge is 2.13. The number of para-hydroxylation sites is 2. The van der Waals surface area contributed by atoms with E-state index < -0.39 is 0 Å². The van der Waals surface area contributed by atoms with E-state index in [-0.39, 0.29) is 5.91 Å². The fraction of sp³-hybridized carbons (Fsp3) is 0.308. The van der Waals surface area contributed by atoms with Gasteiger partial charge in [-0.05, 0) is 12.1 Å². The van der Waals surface area contributed by atoms with Gasteiger partial charge in [0, 0.05) is 13.7 Å². The van der Waals surface area contributed by atoms with Gasteiger partial charge in [-0.1, -0.05) is 23.9 Å². The molecule has 0 unspecified atom stereocenters. The molecule has 3 rings (SSSR count). The zero-order chi connectivity index (χ0) is 14.7. The molecule has 3 aromatic rings. The number of H-pyrrole nitrogens is 1. The number of amides is 1. The minimum atomic E-state index is -0.0439. The molecule has 2 N–H and O–H groups in total. The largest absolute Gasteiger partial charge is 0.383 e. The molecule has 0 saturated heterocycles. The van der Waals surface area contributed by atoms with E-state index in [0.29, 0.717) is 24.7 Å². The second kappa shape index (κ2) is 6.15. The van der Waals surface area contributed by atoms with Crippen molar-refractivity contribution in [3.63, 3.8) is 0 Å². The van der Waals surface area contributed by atoms with E-state index in [0.717, 1.165) is 16.2 Å². The summed E-state index contributed by atoms with van der Waals surface area (Å²) in [5.41, 5.74) is 1.88. The van der Waals surface area contributed by atoms with Crippen molar-refractivity contribution in [2.45, 2.75) is 5.16 Å². The summed E-state index contributed by atoms with van der Waals surface area (Å²) in [7, 11) is 1.60. The number of aromatic nitrogens is 4. The molecular weight excluding hydrogens is 290 g/mol. The van der Waals surface area contributed by atoms with Gasteiger partial charge in [0.05, 0.1) is 23.4 Å². The third-order valence-corrected chi connectivity index (χ3v) is 3.90. The predicted molar refractivity (Wildman–Crippen MR) is 80.5 cm³/mol. The summed E-state index contributed by atoms with van der Waals surface area (Å²) in [6.07, 6.45) is 0. The van der Waals surface area contributed by atoms with Crippen LogP contribution in [0.1, 0.15) is 0 Å². The predicted octanol–water partition coefficient (Wildman–Crippen LogP) is 1.07. The molecule has 0 aliphatic rings. The molecule has 7 nitrogen and oxygen atoms in total. The zero-order valence-electron chi connectivity index (χ0n) is 11.5. The molecule has 21 heavy (non-hydrogen) atoms. The molecule has 2 heterocycles. The van der Waals surface area contributed by atoms with Crippen LogP contribution in [0.5, 0.6) is 0 Å². The van der Waals surface area contributed by atoms with E-state index >= 15 is 0 Å². The van der Waals surface area contributed by atoms with E-state index in [1.807, 2.05) is 28.7 Å². The number of fused-ring (bicyclic) bond motifs is 3. The van der Waals surface area contributed by atoms with Crippen molar-refractivity contribution in [2.75, 3.05) is 26.0 Å². The molecule has 0 atom stereocenters. The number of thioether (sulfide) groups is 1. The third-order valence-electron chi connectivity index (χ3n) is 2.96. The lowest BCUT2D eigenvalue weighted by Crippen LogP contribution is -2.28. The van der Waals surface area contributed by atoms with Gasteiger partial charge in [-0.3, -0.25) is 9.20 Å². The summed E-state index contributed by atoms with van der Waals surface area (Å²) < 4.78 is 6.81. The number of hydrogen-bond donors (Lipinski definition) is 2. The number of carbonyl (C=O) groups is 1. The van der Waals surface area contributed by atoms with Crippen LogP contribution >= 0.6 is 11.8 Å². The maximum Gasteiger partial charge on any atom is 0.231 e. The molecular formula is C13H15N5O2S. The highest BCUT2D eigenvalue weighted by atomic mass is 32.2. The van der Waals surface area contributed by atoms with Crippen LogP contribution in [0.2, 0.25) is 0 Å². The van der Waals surface area contributed by atoms with E-state index in [1.54, 1.807) is 7.11 Å². The molecule has 0 fully saturated rings. The number of nitrogens with zero attached hydrogens (tertiary/aromatic N) is 3. The fourth-order valence-electron chi connectivity index (χ4n) is 2.01. The van der Waals surface area contributed by atoms with Crippen LogP contribution in [0, 0.1) is 0 Å². The van der Waals surface area contributed by atoms with Gasteiger partial charge >= 0.3 is 0 Å². The number of benzene rings is 1. The zero-order valence-corrected chi connectivity index (χ0v) is 12.3. The first kappa shape index (κ1) is 13.9. The maximum absolute atomic E-state index is 11.7. The third kappa shape index (κ3) is 2.86. The highest BCUT2D eigenvalue weighted by molar-refractivity contribution is 7.99. The van der Waals surface area contributed by atoms with Gasteiger partial charge in [0.25, 0.3) is 0 Å². The van der Waals surface area contributed by atoms with Gasteiger partial charge < -0.3 is 10.1 Å². The van der Waals surface area contributed by atoms with Gasteiger partial charge in [0.1, 0.15) is 0 Å². The molecule has 0 radical (unpaired) electrons. The Bertz CT molecular complexity index is 766. The van der Waals surface area contributed by atoms with Crippen molar-refractivity contribution in [3.05, 3.63) is 24.3 Å². The molecule has 1 aromatic carbocycles. The van der Waals surface area contributed by atoms with Crippen molar-refractivity contribution in [2.24, 2.45) is 0 Å². The Kier molecular flexibility index (Phi) is 4.07. The van der Waals surface area contributed by atoms with Gasteiger partial charge in [-0.15, -0.1) is 5.10 Å². The average Bonchev–Trinajstić information content (AvgIpc) is 3.04. The Labute approximate surface area is 125 Å². The number of nitrogens with one attached hydrogen (secondary N) is 2. The summed E-state index contributed by atoms with van der Waals surface area (Å²) in [5.74, 6) is 0.937. The molecule has 110 valence electrons. The van der Waals surface area contributed by atoms with Crippen molar-refractivity contribution in [1.29, 1.82) is 0 Å². The molecule has 2 aromatic heterocycles. The first-order valence-corrected chi connectivity index (χ1v) is 7.48. The maximum atomic E-state index is 11.7. The van der Waals surface area contributed by atoms with Crippen molar-refractivity contribution in [3.8, 4) is 0 Å². The Morgan fingerprint density at radius 1 is 1.48 bits per heavy atom. The molecule has 0 bridgehead atoms. The molecule has 0 aliphatic heterocycles. The van der Waals surface area contributed by atoms with Crippen LogP contribution in [-0.4, -0.2) is 51.5 Å². The second-order valence-corrected chi connectivity index (χ2v) is 5.34. The van der Waals surface area contributed by atoms with Crippen LogP contribution in [0.25, 0.3) is 16.8 Å². The molecule has 0 aliphatic carbocycles. The Balaban J connectivity index is 1.74. The number of aromatic amines is 1. The van der Waals surface area contributed by atoms with Crippen LogP contribution in [0.15, 0.2) is 29.4 Å². The van der Waals surface area contributed by atoms with Gasteiger partial charge in [0.2, 0.25) is 11.7 Å². The standard InChI is InChI=1S/C13H15N5O2S/c1-20-7-6-14-11(19)8-21-13-17-16-12-15-9-4-2-3-5-10(9)18(12)13/h2-5H,6-8H2,1H3,(H,14,19)(H,15,16). The van der Waals surface area contributed by atoms with Crippen molar-refractivity contribution >= 4 is 34.5 Å². The second-order valence-electron chi connectivity index (χ2n) is 4.40. The Morgan fingerprint density at radius 2 is 2.33 bits per heavy atom. The van der Waals surface area contributed by atoms with Crippen LogP contribution in [0.4, 0.5) is 0 Å². The smallest absolute Gasteiger partial charge is 0.231 e. The van der Waals surface area contributed by atoms with Gasteiger partial charge in [-0.2, -0.15) is 0 Å². The quantitative estimate of drug-likeness (QED) is 0.525. The SMILES string of the molecule is COCCNC(=O)CSc1n[nH]c2nc3ccccc3n12. The topological polar surface area (TPSA) is 84.3 Å². The van der Waals surface area contributed by atoms with Crippen LogP contribution < -0.4 is 5.32 Å². The summed E-state index contributed by atoms with van der Waals surface area (Å²) in [5, 5.41) is 10.6. The summed E-state index contributed by atoms with van der Waals surface area (Å²) in [6, 6.07) is 7.82. The summed E-state index contributed by atoms with van der Waals surface area (Å²) >= 11 is 1.37. The summed E-state index contributed by atoms with van der Waals surface area (Å²) in [4.78, 5) is 16.1. The minimum absolute atomic E-state index is 0.0439.